The van der Waals surface area contributed by atoms with Gasteiger partial charge in [-0.1, -0.05) is 77.9 Å². The summed E-state index contributed by atoms with van der Waals surface area (Å²) in [7, 11) is 0. The van der Waals surface area contributed by atoms with Gasteiger partial charge in [0.25, 0.3) is 0 Å². The van der Waals surface area contributed by atoms with E-state index >= 15 is 0 Å². The number of fused-ring (bicyclic) bond motifs is 1. The van der Waals surface area contributed by atoms with Crippen LogP contribution in [0.25, 0.3) is 10.9 Å². The molecule has 0 unspecified atom stereocenters. The Balaban J connectivity index is 1.49. The summed E-state index contributed by atoms with van der Waals surface area (Å²) in [6.07, 6.45) is 4.12. The van der Waals surface area contributed by atoms with Crippen LogP contribution >= 0.6 is 0 Å². The summed E-state index contributed by atoms with van der Waals surface area (Å²) in [5.41, 5.74) is 9.43. The summed E-state index contributed by atoms with van der Waals surface area (Å²) < 4.78 is 2.22. The number of hydrogen-bond donors (Lipinski definition) is 1. The van der Waals surface area contributed by atoms with E-state index in [1.807, 2.05) is 43.3 Å². The second kappa shape index (κ2) is 8.78. The van der Waals surface area contributed by atoms with E-state index in [1.165, 1.54) is 16.7 Å². The molecule has 4 aromatic rings. The van der Waals surface area contributed by atoms with Crippen molar-refractivity contribution in [3.05, 3.63) is 107 Å². The molecule has 0 saturated heterocycles. The Morgan fingerprint density at radius 2 is 1.53 bits per heavy atom. The molecule has 4 heteroatoms. The van der Waals surface area contributed by atoms with Crippen LogP contribution < -0.4 is 5.43 Å². The monoisotopic (exact) mass is 395 g/mol. The Morgan fingerprint density at radius 1 is 0.900 bits per heavy atom. The van der Waals surface area contributed by atoms with Gasteiger partial charge in [0.15, 0.2) is 0 Å². The minimum atomic E-state index is -0.126. The van der Waals surface area contributed by atoms with Gasteiger partial charge in [-0.25, -0.2) is 5.43 Å². The second-order valence-electron chi connectivity index (χ2n) is 7.67. The maximum atomic E-state index is 12.2. The van der Waals surface area contributed by atoms with Crippen molar-refractivity contribution in [1.82, 2.24) is 9.99 Å². The van der Waals surface area contributed by atoms with Gasteiger partial charge in [0.1, 0.15) is 0 Å². The molecule has 1 amide bonds. The molecule has 0 aliphatic rings. The number of nitrogens with zero attached hydrogens (tertiary/aromatic N) is 2. The average Bonchev–Trinajstić information content (AvgIpc) is 3.09. The first-order valence-electron chi connectivity index (χ1n) is 10.1. The molecule has 0 aliphatic heterocycles. The highest BCUT2D eigenvalue weighted by molar-refractivity contribution is 5.99. The number of amides is 1. The van der Waals surface area contributed by atoms with Crippen LogP contribution in [0.2, 0.25) is 0 Å². The summed E-state index contributed by atoms with van der Waals surface area (Å²) in [4.78, 5) is 12.2. The van der Waals surface area contributed by atoms with Crippen LogP contribution in [0.3, 0.4) is 0 Å². The number of hydrogen-bond acceptors (Lipinski definition) is 2. The summed E-state index contributed by atoms with van der Waals surface area (Å²) >= 11 is 0. The van der Waals surface area contributed by atoms with Crippen molar-refractivity contribution in [2.45, 2.75) is 26.8 Å². The molecule has 0 fully saturated rings. The van der Waals surface area contributed by atoms with E-state index < -0.39 is 0 Å². The number of aromatic nitrogens is 1. The van der Waals surface area contributed by atoms with Gasteiger partial charge in [0.05, 0.1) is 12.6 Å². The number of carbonyl (C=O) groups is 1. The fourth-order valence-corrected chi connectivity index (χ4v) is 3.50. The molecule has 0 atom stereocenters. The molecule has 1 N–H and O–H groups in total. The van der Waals surface area contributed by atoms with E-state index in [0.29, 0.717) is 6.42 Å². The molecule has 30 heavy (non-hydrogen) atoms. The van der Waals surface area contributed by atoms with Crippen LogP contribution in [0.1, 0.15) is 27.8 Å². The van der Waals surface area contributed by atoms with Crippen LogP contribution in [-0.2, 0) is 17.8 Å². The Bertz CT molecular complexity index is 1190. The van der Waals surface area contributed by atoms with Gasteiger partial charge in [-0.15, -0.1) is 0 Å². The lowest BCUT2D eigenvalue weighted by molar-refractivity contribution is -0.120. The van der Waals surface area contributed by atoms with Crippen molar-refractivity contribution < 1.29 is 4.79 Å². The molecular weight excluding hydrogens is 370 g/mol. The molecular formula is C26H25N3O. The molecule has 0 spiro atoms. The molecule has 4 rings (SSSR count). The Hall–Kier alpha value is -3.66. The van der Waals surface area contributed by atoms with Gasteiger partial charge in [-0.05, 0) is 31.0 Å². The number of rotatable bonds is 6. The quantitative estimate of drug-likeness (QED) is 0.362. The van der Waals surface area contributed by atoms with Crippen molar-refractivity contribution in [3.8, 4) is 0 Å². The zero-order valence-electron chi connectivity index (χ0n) is 17.3. The maximum absolute atomic E-state index is 12.2. The number of para-hydroxylation sites is 1. The molecule has 1 aromatic heterocycles. The Morgan fingerprint density at radius 3 is 2.23 bits per heavy atom. The molecule has 3 aromatic carbocycles. The van der Waals surface area contributed by atoms with Gasteiger partial charge in [0, 0.05) is 29.2 Å². The molecule has 0 saturated carbocycles. The van der Waals surface area contributed by atoms with Crippen LogP contribution in [0.5, 0.6) is 0 Å². The van der Waals surface area contributed by atoms with E-state index in [2.05, 4.69) is 64.6 Å². The second-order valence-corrected chi connectivity index (χ2v) is 7.67. The number of nitrogens with one attached hydrogen (secondary N) is 1. The van der Waals surface area contributed by atoms with E-state index in [1.54, 1.807) is 6.21 Å². The third-order valence-corrected chi connectivity index (χ3v) is 5.17. The number of aryl methyl sites for hydroxylation is 2. The first-order valence-corrected chi connectivity index (χ1v) is 10.1. The van der Waals surface area contributed by atoms with Gasteiger partial charge < -0.3 is 4.57 Å². The largest absolute Gasteiger partial charge is 0.342 e. The highest BCUT2D eigenvalue weighted by Gasteiger charge is 2.08. The molecule has 4 nitrogen and oxygen atoms in total. The lowest BCUT2D eigenvalue weighted by Crippen LogP contribution is -2.19. The SMILES string of the molecule is Cc1ccc(CC(=O)N/N=C\c2cn(Cc3ccc(C)cc3)c3ccccc23)cc1. The molecule has 0 aliphatic carbocycles. The van der Waals surface area contributed by atoms with Gasteiger partial charge in [-0.2, -0.15) is 5.10 Å². The minimum Gasteiger partial charge on any atom is -0.342 e. The van der Waals surface area contributed by atoms with E-state index in [0.717, 1.165) is 28.6 Å². The third kappa shape index (κ3) is 4.66. The fourth-order valence-electron chi connectivity index (χ4n) is 3.50. The van der Waals surface area contributed by atoms with Crippen LogP contribution in [-0.4, -0.2) is 16.7 Å². The Kier molecular flexibility index (Phi) is 5.75. The standard InChI is InChI=1S/C26H25N3O/c1-19-7-11-21(12-8-19)15-26(30)28-27-16-23-18-29(25-6-4-3-5-24(23)25)17-22-13-9-20(2)10-14-22/h3-14,16,18H,15,17H2,1-2H3,(H,28,30)/b27-16-. The zero-order chi connectivity index (χ0) is 20.9. The van der Waals surface area contributed by atoms with Gasteiger partial charge in [-0.3, -0.25) is 4.79 Å². The van der Waals surface area contributed by atoms with Crippen molar-refractivity contribution in [1.29, 1.82) is 0 Å². The van der Waals surface area contributed by atoms with Crippen molar-refractivity contribution >= 4 is 23.0 Å². The van der Waals surface area contributed by atoms with Gasteiger partial charge >= 0.3 is 0 Å². The summed E-state index contributed by atoms with van der Waals surface area (Å²) in [6.45, 7) is 4.91. The van der Waals surface area contributed by atoms with Gasteiger partial charge in [0.2, 0.25) is 5.91 Å². The Labute approximate surface area is 176 Å². The lowest BCUT2D eigenvalue weighted by atomic mass is 10.1. The maximum Gasteiger partial charge on any atom is 0.244 e. The molecule has 1 heterocycles. The predicted octanol–water partition coefficient (Wildman–Crippen LogP) is 5.00. The summed E-state index contributed by atoms with van der Waals surface area (Å²) in [6, 6.07) is 24.8. The number of hydrazone groups is 1. The molecule has 0 bridgehead atoms. The van der Waals surface area contributed by atoms with E-state index in [-0.39, 0.29) is 5.91 Å². The highest BCUT2D eigenvalue weighted by atomic mass is 16.2. The number of carbonyl (C=O) groups excluding carboxylic acids is 1. The average molecular weight is 396 g/mol. The zero-order valence-corrected chi connectivity index (χ0v) is 17.3. The normalized spacial score (nSPS) is 11.3. The lowest BCUT2D eigenvalue weighted by Gasteiger charge is -2.06. The highest BCUT2D eigenvalue weighted by Crippen LogP contribution is 2.21. The topological polar surface area (TPSA) is 46.4 Å². The van der Waals surface area contributed by atoms with Crippen LogP contribution in [0, 0.1) is 13.8 Å². The van der Waals surface area contributed by atoms with E-state index in [9.17, 15) is 4.79 Å². The number of benzene rings is 3. The minimum absolute atomic E-state index is 0.126. The van der Waals surface area contributed by atoms with Crippen LogP contribution in [0.15, 0.2) is 84.1 Å². The molecule has 150 valence electrons. The summed E-state index contributed by atoms with van der Waals surface area (Å²) in [5, 5.41) is 5.31. The fraction of sp³-hybridized carbons (Fsp3) is 0.154. The van der Waals surface area contributed by atoms with E-state index in [4.69, 9.17) is 0 Å². The first kappa shape index (κ1) is 19.6. The first-order chi connectivity index (χ1) is 14.6. The van der Waals surface area contributed by atoms with Crippen molar-refractivity contribution in [2.24, 2.45) is 5.10 Å². The predicted molar refractivity (Wildman–Crippen MR) is 123 cm³/mol. The molecule has 0 radical (unpaired) electrons. The van der Waals surface area contributed by atoms with Crippen molar-refractivity contribution in [3.63, 3.8) is 0 Å². The smallest absolute Gasteiger partial charge is 0.244 e. The third-order valence-electron chi connectivity index (χ3n) is 5.17. The van der Waals surface area contributed by atoms with Crippen molar-refractivity contribution in [2.75, 3.05) is 0 Å². The van der Waals surface area contributed by atoms with Crippen LogP contribution in [0.4, 0.5) is 0 Å². The summed E-state index contributed by atoms with van der Waals surface area (Å²) in [5.74, 6) is -0.126.